The van der Waals surface area contributed by atoms with E-state index in [9.17, 15) is 4.79 Å². The minimum absolute atomic E-state index is 0.0932. The lowest BCUT2D eigenvalue weighted by Gasteiger charge is -2.28. The van der Waals surface area contributed by atoms with E-state index in [-0.39, 0.29) is 17.9 Å². The summed E-state index contributed by atoms with van der Waals surface area (Å²) in [4.78, 5) is 16.0. The molecule has 0 aliphatic carbocycles. The van der Waals surface area contributed by atoms with Crippen LogP contribution >= 0.6 is 0 Å². The molecule has 1 N–H and O–H groups in total. The van der Waals surface area contributed by atoms with Crippen molar-refractivity contribution >= 4 is 5.91 Å². The first kappa shape index (κ1) is 15.7. The summed E-state index contributed by atoms with van der Waals surface area (Å²) in [5.74, 6) is 1.29. The van der Waals surface area contributed by atoms with Gasteiger partial charge < -0.3 is 14.6 Å². The highest BCUT2D eigenvalue weighted by molar-refractivity contribution is 5.73. The van der Waals surface area contributed by atoms with Gasteiger partial charge in [-0.05, 0) is 24.3 Å². The lowest BCUT2D eigenvalue weighted by molar-refractivity contribution is -0.120. The summed E-state index contributed by atoms with van der Waals surface area (Å²) < 4.78 is 10.8. The number of aromatic nitrogens is 2. The predicted octanol–water partition coefficient (Wildman–Crippen LogP) is 2.26. The largest absolute Gasteiger partial charge is 0.381 e. The van der Waals surface area contributed by atoms with E-state index in [4.69, 9.17) is 9.26 Å². The van der Waals surface area contributed by atoms with Crippen molar-refractivity contribution in [3.63, 3.8) is 0 Å². The van der Waals surface area contributed by atoms with Crippen LogP contribution in [0.4, 0.5) is 0 Å². The van der Waals surface area contributed by atoms with Crippen LogP contribution in [-0.2, 0) is 16.0 Å². The Morgan fingerprint density at radius 2 is 2.04 bits per heavy atom. The fraction of sp³-hybridized carbons (Fsp3) is 0.471. The van der Waals surface area contributed by atoms with Crippen LogP contribution in [0, 0.1) is 5.92 Å². The van der Waals surface area contributed by atoms with E-state index in [0.717, 1.165) is 18.4 Å². The maximum Gasteiger partial charge on any atom is 0.249 e. The van der Waals surface area contributed by atoms with Gasteiger partial charge >= 0.3 is 0 Å². The van der Waals surface area contributed by atoms with E-state index >= 15 is 0 Å². The van der Waals surface area contributed by atoms with Gasteiger partial charge in [-0.3, -0.25) is 4.79 Å². The minimum atomic E-state index is -0.242. The molecular weight excluding hydrogens is 294 g/mol. The molecule has 0 spiro atoms. The van der Waals surface area contributed by atoms with Crippen LogP contribution in [-0.4, -0.2) is 29.3 Å². The molecule has 1 unspecified atom stereocenters. The monoisotopic (exact) mass is 315 g/mol. The predicted molar refractivity (Wildman–Crippen MR) is 83.6 cm³/mol. The number of hydrogen-bond donors (Lipinski definition) is 1. The summed E-state index contributed by atoms with van der Waals surface area (Å²) in [5.41, 5.74) is 1.13. The third-order valence-electron chi connectivity index (χ3n) is 4.05. The molecule has 1 fully saturated rings. The van der Waals surface area contributed by atoms with Crippen LogP contribution in [0.3, 0.4) is 0 Å². The fourth-order valence-corrected chi connectivity index (χ4v) is 2.89. The van der Waals surface area contributed by atoms with Gasteiger partial charge in [0.2, 0.25) is 11.8 Å². The SMILES string of the molecule is CC(=O)NC(c1nc(Cc2ccccc2)no1)C1CCOCC1. The molecule has 1 amide bonds. The smallest absolute Gasteiger partial charge is 0.249 e. The Morgan fingerprint density at radius 1 is 1.30 bits per heavy atom. The quantitative estimate of drug-likeness (QED) is 0.916. The van der Waals surface area contributed by atoms with Gasteiger partial charge in [0.25, 0.3) is 0 Å². The second-order valence-corrected chi connectivity index (χ2v) is 5.84. The lowest BCUT2D eigenvalue weighted by Crippen LogP contribution is -2.35. The Balaban J connectivity index is 1.75. The van der Waals surface area contributed by atoms with E-state index in [0.29, 0.717) is 31.3 Å². The molecule has 6 nitrogen and oxygen atoms in total. The van der Waals surface area contributed by atoms with Crippen molar-refractivity contribution in [3.8, 4) is 0 Å². The molecule has 3 rings (SSSR count). The van der Waals surface area contributed by atoms with Gasteiger partial charge in [-0.25, -0.2) is 0 Å². The average Bonchev–Trinajstić information content (AvgIpc) is 3.02. The number of nitrogens with one attached hydrogen (secondary N) is 1. The molecule has 2 aromatic rings. The number of benzene rings is 1. The summed E-state index contributed by atoms with van der Waals surface area (Å²) in [7, 11) is 0. The summed E-state index contributed by atoms with van der Waals surface area (Å²) in [6.07, 6.45) is 2.37. The highest BCUT2D eigenvalue weighted by atomic mass is 16.5. The zero-order chi connectivity index (χ0) is 16.1. The third-order valence-corrected chi connectivity index (χ3v) is 4.05. The molecular formula is C17H21N3O3. The molecule has 0 radical (unpaired) electrons. The lowest BCUT2D eigenvalue weighted by atomic mass is 9.91. The van der Waals surface area contributed by atoms with Crippen molar-refractivity contribution in [3.05, 3.63) is 47.6 Å². The van der Waals surface area contributed by atoms with E-state index in [2.05, 4.69) is 15.5 Å². The van der Waals surface area contributed by atoms with Crippen molar-refractivity contribution in [1.82, 2.24) is 15.5 Å². The van der Waals surface area contributed by atoms with Crippen LogP contribution < -0.4 is 5.32 Å². The van der Waals surface area contributed by atoms with Crippen molar-refractivity contribution in [2.75, 3.05) is 13.2 Å². The Kier molecular flexibility index (Phi) is 5.02. The molecule has 1 saturated heterocycles. The molecule has 0 saturated carbocycles. The van der Waals surface area contributed by atoms with Crippen LogP contribution in [0.1, 0.15) is 43.1 Å². The number of hydrogen-bond acceptors (Lipinski definition) is 5. The van der Waals surface area contributed by atoms with E-state index in [1.807, 2.05) is 30.3 Å². The Bertz CT molecular complexity index is 636. The number of amides is 1. The molecule has 1 aliphatic rings. The Labute approximate surface area is 135 Å². The molecule has 6 heteroatoms. The van der Waals surface area contributed by atoms with Crippen LogP contribution in [0.25, 0.3) is 0 Å². The minimum Gasteiger partial charge on any atom is -0.381 e. The zero-order valence-electron chi connectivity index (χ0n) is 13.2. The fourth-order valence-electron chi connectivity index (χ4n) is 2.89. The molecule has 1 aromatic carbocycles. The van der Waals surface area contributed by atoms with Crippen molar-refractivity contribution in [2.45, 2.75) is 32.2 Å². The van der Waals surface area contributed by atoms with Gasteiger partial charge in [0.1, 0.15) is 6.04 Å². The number of carbonyl (C=O) groups is 1. The van der Waals surface area contributed by atoms with Gasteiger partial charge in [-0.15, -0.1) is 0 Å². The average molecular weight is 315 g/mol. The number of carbonyl (C=O) groups excluding carboxylic acids is 1. The third kappa shape index (κ3) is 4.16. The van der Waals surface area contributed by atoms with Crippen molar-refractivity contribution in [1.29, 1.82) is 0 Å². The van der Waals surface area contributed by atoms with Crippen LogP contribution in [0.5, 0.6) is 0 Å². The van der Waals surface area contributed by atoms with Gasteiger partial charge in [-0.2, -0.15) is 4.98 Å². The Hall–Kier alpha value is -2.21. The van der Waals surface area contributed by atoms with E-state index in [1.165, 1.54) is 6.92 Å². The normalized spacial score (nSPS) is 16.9. The van der Waals surface area contributed by atoms with Gasteiger partial charge in [0, 0.05) is 26.6 Å². The van der Waals surface area contributed by atoms with Crippen LogP contribution in [0.15, 0.2) is 34.9 Å². The summed E-state index contributed by atoms with van der Waals surface area (Å²) in [6, 6.07) is 9.76. The molecule has 23 heavy (non-hydrogen) atoms. The van der Waals surface area contributed by atoms with Crippen molar-refractivity contribution < 1.29 is 14.1 Å². The van der Waals surface area contributed by atoms with Gasteiger partial charge in [-0.1, -0.05) is 35.5 Å². The first-order chi connectivity index (χ1) is 11.2. The Morgan fingerprint density at radius 3 is 2.74 bits per heavy atom. The standard InChI is InChI=1S/C17H21N3O3/c1-12(21)18-16(14-7-9-22-10-8-14)17-19-15(20-23-17)11-13-5-3-2-4-6-13/h2-6,14,16H,7-11H2,1H3,(H,18,21). The maximum atomic E-state index is 11.5. The van der Waals surface area contributed by atoms with Gasteiger partial charge in [0.15, 0.2) is 5.82 Å². The topological polar surface area (TPSA) is 77.3 Å². The molecule has 1 atom stereocenters. The summed E-state index contributed by atoms with van der Waals surface area (Å²) in [6.45, 7) is 2.91. The molecule has 2 heterocycles. The number of rotatable bonds is 5. The molecule has 0 bridgehead atoms. The first-order valence-electron chi connectivity index (χ1n) is 7.93. The van der Waals surface area contributed by atoms with Crippen molar-refractivity contribution in [2.24, 2.45) is 5.92 Å². The molecule has 1 aliphatic heterocycles. The summed E-state index contributed by atoms with van der Waals surface area (Å²) in [5, 5.41) is 7.02. The summed E-state index contributed by atoms with van der Waals surface area (Å²) >= 11 is 0. The molecule has 1 aromatic heterocycles. The number of nitrogens with zero attached hydrogens (tertiary/aromatic N) is 2. The highest BCUT2D eigenvalue weighted by Crippen LogP contribution is 2.29. The highest BCUT2D eigenvalue weighted by Gasteiger charge is 2.30. The number of ether oxygens (including phenoxy) is 1. The zero-order valence-corrected chi connectivity index (χ0v) is 13.2. The van der Waals surface area contributed by atoms with Gasteiger partial charge in [0.05, 0.1) is 0 Å². The molecule has 122 valence electrons. The van der Waals surface area contributed by atoms with Crippen LogP contribution in [0.2, 0.25) is 0 Å². The van der Waals surface area contributed by atoms with E-state index < -0.39 is 0 Å². The second kappa shape index (κ2) is 7.37. The first-order valence-corrected chi connectivity index (χ1v) is 7.93. The maximum absolute atomic E-state index is 11.5. The van der Waals surface area contributed by atoms with E-state index in [1.54, 1.807) is 0 Å². The second-order valence-electron chi connectivity index (χ2n) is 5.84.